The lowest BCUT2D eigenvalue weighted by molar-refractivity contribution is 0.119. The van der Waals surface area contributed by atoms with Crippen LogP contribution >= 0.6 is 0 Å². The van der Waals surface area contributed by atoms with E-state index in [1.54, 1.807) is 0 Å². The molecule has 1 aliphatic heterocycles. The molecule has 0 bridgehead atoms. The second kappa shape index (κ2) is 3.11. The van der Waals surface area contributed by atoms with E-state index in [9.17, 15) is 0 Å². The Balaban J connectivity index is 2.05. The van der Waals surface area contributed by atoms with Gasteiger partial charge in [0.15, 0.2) is 0 Å². The summed E-state index contributed by atoms with van der Waals surface area (Å²) >= 11 is 0. The van der Waals surface area contributed by atoms with Crippen LogP contribution in [0.5, 0.6) is 0 Å². The molecule has 0 aromatic heterocycles. The van der Waals surface area contributed by atoms with Gasteiger partial charge in [0, 0.05) is 18.6 Å². The van der Waals surface area contributed by atoms with E-state index in [1.165, 1.54) is 19.5 Å². The van der Waals surface area contributed by atoms with E-state index in [0.29, 0.717) is 0 Å². The second-order valence-corrected chi connectivity index (χ2v) is 4.61. The smallest absolute Gasteiger partial charge is 0.00971 e. The fourth-order valence-corrected chi connectivity index (χ4v) is 1.59. The molecular formula is C9H20N2. The maximum absolute atomic E-state index is 5.88. The SMILES string of the molecule is CN1CC(CCC(C)(C)N)C1. The molecule has 0 unspecified atom stereocenters. The van der Waals surface area contributed by atoms with Gasteiger partial charge in [0.25, 0.3) is 0 Å². The highest BCUT2D eigenvalue weighted by Crippen LogP contribution is 2.21. The first-order valence-corrected chi connectivity index (χ1v) is 4.45. The molecule has 0 aliphatic carbocycles. The van der Waals surface area contributed by atoms with E-state index in [-0.39, 0.29) is 5.54 Å². The molecule has 0 radical (unpaired) electrons. The van der Waals surface area contributed by atoms with Gasteiger partial charge in [0.1, 0.15) is 0 Å². The third-order valence-corrected chi connectivity index (χ3v) is 2.34. The van der Waals surface area contributed by atoms with Crippen molar-refractivity contribution in [1.29, 1.82) is 0 Å². The largest absolute Gasteiger partial charge is 0.326 e. The lowest BCUT2D eigenvalue weighted by atomic mass is 9.89. The molecule has 0 aromatic carbocycles. The average molecular weight is 156 g/mol. The van der Waals surface area contributed by atoms with Crippen LogP contribution in [0.25, 0.3) is 0 Å². The normalized spacial score (nSPS) is 21.8. The summed E-state index contributed by atoms with van der Waals surface area (Å²) in [4.78, 5) is 2.36. The summed E-state index contributed by atoms with van der Waals surface area (Å²) in [5.41, 5.74) is 5.92. The van der Waals surface area contributed by atoms with E-state index >= 15 is 0 Å². The number of hydrogen-bond acceptors (Lipinski definition) is 2. The van der Waals surface area contributed by atoms with E-state index in [4.69, 9.17) is 5.73 Å². The molecular weight excluding hydrogens is 136 g/mol. The van der Waals surface area contributed by atoms with Gasteiger partial charge in [-0.3, -0.25) is 0 Å². The zero-order valence-electron chi connectivity index (χ0n) is 7.93. The number of hydrogen-bond donors (Lipinski definition) is 1. The van der Waals surface area contributed by atoms with Crippen molar-refractivity contribution in [2.75, 3.05) is 20.1 Å². The van der Waals surface area contributed by atoms with Crippen molar-refractivity contribution >= 4 is 0 Å². The molecule has 0 atom stereocenters. The van der Waals surface area contributed by atoms with Crippen molar-refractivity contribution < 1.29 is 0 Å². The Morgan fingerprint density at radius 2 is 2.00 bits per heavy atom. The van der Waals surface area contributed by atoms with Crippen LogP contribution in [0.15, 0.2) is 0 Å². The van der Waals surface area contributed by atoms with Crippen LogP contribution < -0.4 is 5.73 Å². The highest BCUT2D eigenvalue weighted by molar-refractivity contribution is 4.80. The van der Waals surface area contributed by atoms with Gasteiger partial charge in [-0.15, -0.1) is 0 Å². The predicted octanol–water partition coefficient (Wildman–Crippen LogP) is 1.07. The van der Waals surface area contributed by atoms with Gasteiger partial charge >= 0.3 is 0 Å². The first kappa shape index (κ1) is 9.01. The molecule has 2 N–H and O–H groups in total. The minimum atomic E-state index is 0.0359. The van der Waals surface area contributed by atoms with Gasteiger partial charge in [-0.1, -0.05) is 0 Å². The molecule has 1 fully saturated rings. The lowest BCUT2D eigenvalue weighted by Crippen LogP contribution is -2.45. The van der Waals surface area contributed by atoms with Crippen LogP contribution in [-0.4, -0.2) is 30.6 Å². The van der Waals surface area contributed by atoms with Crippen molar-refractivity contribution in [3.05, 3.63) is 0 Å². The molecule has 1 aliphatic rings. The Morgan fingerprint density at radius 1 is 1.45 bits per heavy atom. The molecule has 0 saturated carbocycles. The molecule has 0 spiro atoms. The Labute approximate surface area is 69.8 Å². The van der Waals surface area contributed by atoms with Crippen LogP contribution in [0.4, 0.5) is 0 Å². The van der Waals surface area contributed by atoms with Crippen molar-refractivity contribution in [2.45, 2.75) is 32.2 Å². The highest BCUT2D eigenvalue weighted by atomic mass is 15.2. The summed E-state index contributed by atoms with van der Waals surface area (Å²) in [5, 5.41) is 0. The summed E-state index contributed by atoms with van der Waals surface area (Å²) in [6.07, 6.45) is 2.46. The zero-order valence-corrected chi connectivity index (χ0v) is 7.93. The molecule has 1 heterocycles. The quantitative estimate of drug-likeness (QED) is 0.662. The number of nitrogens with two attached hydrogens (primary N) is 1. The van der Waals surface area contributed by atoms with Crippen LogP contribution in [0.3, 0.4) is 0 Å². The Bertz CT molecular complexity index is 120. The summed E-state index contributed by atoms with van der Waals surface area (Å²) in [6.45, 7) is 6.76. The first-order chi connectivity index (χ1) is 4.97. The maximum Gasteiger partial charge on any atom is 0.00971 e. The molecule has 66 valence electrons. The first-order valence-electron chi connectivity index (χ1n) is 4.45. The third-order valence-electron chi connectivity index (χ3n) is 2.34. The van der Waals surface area contributed by atoms with Gasteiger partial charge < -0.3 is 10.6 Å². The van der Waals surface area contributed by atoms with Crippen molar-refractivity contribution in [3.8, 4) is 0 Å². The number of likely N-dealkylation sites (tertiary alicyclic amines) is 1. The average Bonchev–Trinajstić information content (AvgIpc) is 1.75. The number of rotatable bonds is 3. The zero-order chi connectivity index (χ0) is 8.48. The van der Waals surface area contributed by atoms with Crippen LogP contribution in [0.1, 0.15) is 26.7 Å². The summed E-state index contributed by atoms with van der Waals surface area (Å²) in [6, 6.07) is 0. The standard InChI is InChI=1S/C9H20N2/c1-9(2,10)5-4-8-6-11(3)7-8/h8H,4-7,10H2,1-3H3. The summed E-state index contributed by atoms with van der Waals surface area (Å²) in [5.74, 6) is 0.919. The lowest BCUT2D eigenvalue weighted by Gasteiger charge is -2.37. The second-order valence-electron chi connectivity index (χ2n) is 4.61. The molecule has 11 heavy (non-hydrogen) atoms. The molecule has 1 saturated heterocycles. The van der Waals surface area contributed by atoms with E-state index in [0.717, 1.165) is 12.3 Å². The Morgan fingerprint density at radius 3 is 2.36 bits per heavy atom. The molecule has 1 rings (SSSR count). The minimum Gasteiger partial charge on any atom is -0.326 e. The minimum absolute atomic E-state index is 0.0359. The Hall–Kier alpha value is -0.0800. The summed E-state index contributed by atoms with van der Waals surface area (Å²) in [7, 11) is 2.17. The van der Waals surface area contributed by atoms with Gasteiger partial charge in [0.05, 0.1) is 0 Å². The highest BCUT2D eigenvalue weighted by Gasteiger charge is 2.24. The van der Waals surface area contributed by atoms with Crippen molar-refractivity contribution in [3.63, 3.8) is 0 Å². The fraction of sp³-hybridized carbons (Fsp3) is 1.00. The monoisotopic (exact) mass is 156 g/mol. The predicted molar refractivity (Wildman–Crippen MR) is 48.5 cm³/mol. The van der Waals surface area contributed by atoms with Gasteiger partial charge in [-0.25, -0.2) is 0 Å². The topological polar surface area (TPSA) is 29.3 Å². The molecule has 0 amide bonds. The van der Waals surface area contributed by atoms with Crippen LogP contribution in [0, 0.1) is 5.92 Å². The van der Waals surface area contributed by atoms with Gasteiger partial charge in [-0.2, -0.15) is 0 Å². The van der Waals surface area contributed by atoms with Crippen molar-refractivity contribution in [1.82, 2.24) is 4.90 Å². The number of nitrogens with zero attached hydrogens (tertiary/aromatic N) is 1. The van der Waals surface area contributed by atoms with Gasteiger partial charge in [0.2, 0.25) is 0 Å². The third kappa shape index (κ3) is 3.21. The summed E-state index contributed by atoms with van der Waals surface area (Å²) < 4.78 is 0. The molecule has 0 aromatic rings. The fourth-order valence-electron chi connectivity index (χ4n) is 1.59. The van der Waals surface area contributed by atoms with E-state index in [2.05, 4.69) is 25.8 Å². The van der Waals surface area contributed by atoms with E-state index < -0.39 is 0 Å². The van der Waals surface area contributed by atoms with E-state index in [1.807, 2.05) is 0 Å². The maximum atomic E-state index is 5.88. The van der Waals surface area contributed by atoms with Crippen molar-refractivity contribution in [2.24, 2.45) is 11.7 Å². The Kier molecular flexibility index (Phi) is 2.55. The van der Waals surface area contributed by atoms with Crippen LogP contribution in [0.2, 0.25) is 0 Å². The van der Waals surface area contributed by atoms with Crippen LogP contribution in [-0.2, 0) is 0 Å². The van der Waals surface area contributed by atoms with Gasteiger partial charge in [-0.05, 0) is 39.7 Å². The molecule has 2 heteroatoms. The molecule has 2 nitrogen and oxygen atoms in total.